The van der Waals surface area contributed by atoms with Crippen molar-refractivity contribution in [3.8, 4) is 11.5 Å². The maximum atomic E-state index is 12.3. The lowest BCUT2D eigenvalue weighted by molar-refractivity contribution is -0.155. The number of rotatable bonds is 6. The molecule has 0 radical (unpaired) electrons. The molecule has 0 bridgehead atoms. The molecule has 144 valence electrons. The second kappa shape index (κ2) is 7.84. The molecule has 1 N–H and O–H groups in total. The molecule has 1 aliphatic heterocycles. The second-order valence-electron chi connectivity index (χ2n) is 6.42. The number of carboxylic acid groups (broad SMARTS) is 1. The molecular weight excluding hydrogens is 355 g/mol. The molecule has 6 nitrogen and oxygen atoms in total. The maximum Gasteiger partial charge on any atom is 0.422 e. The van der Waals surface area contributed by atoms with Gasteiger partial charge in [-0.3, -0.25) is 9.59 Å². The molecule has 0 aliphatic carbocycles. The topological polar surface area (TPSA) is 76.1 Å². The Morgan fingerprint density at radius 1 is 1.23 bits per heavy atom. The molecule has 0 spiro atoms. The van der Waals surface area contributed by atoms with Crippen LogP contribution in [0.5, 0.6) is 11.5 Å². The van der Waals surface area contributed by atoms with Gasteiger partial charge in [0.05, 0.1) is 5.41 Å². The number of para-hydroxylation sites is 2. The van der Waals surface area contributed by atoms with Crippen molar-refractivity contribution in [2.24, 2.45) is 5.41 Å². The number of piperidine rings is 1. The third kappa shape index (κ3) is 5.27. The van der Waals surface area contributed by atoms with Crippen molar-refractivity contribution in [2.75, 3.05) is 26.3 Å². The standard InChI is InChI=1S/C17H20F3NO5/c1-16(15(23)24)7-4-8-21(10-16)14(22)9-25-12-5-2-3-6-13(12)26-11-17(18,19)20/h2-3,5-6H,4,7-11H2,1H3,(H,23,24). The SMILES string of the molecule is CC1(C(=O)O)CCCN(C(=O)COc2ccccc2OCC(F)(F)F)C1. The fourth-order valence-corrected chi connectivity index (χ4v) is 2.71. The summed E-state index contributed by atoms with van der Waals surface area (Å²) in [5.41, 5.74) is -1.01. The van der Waals surface area contributed by atoms with Crippen LogP contribution in [0.3, 0.4) is 0 Å². The van der Waals surface area contributed by atoms with Crippen LogP contribution in [-0.4, -0.2) is 54.4 Å². The Hall–Kier alpha value is -2.45. The Bertz CT molecular complexity index is 664. The normalized spacial score (nSPS) is 20.5. The number of hydrogen-bond donors (Lipinski definition) is 1. The first-order valence-corrected chi connectivity index (χ1v) is 8.03. The van der Waals surface area contributed by atoms with E-state index in [1.807, 2.05) is 0 Å². The first-order chi connectivity index (χ1) is 12.1. The van der Waals surface area contributed by atoms with E-state index in [-0.39, 0.29) is 18.0 Å². The Balaban J connectivity index is 1.96. The Kier molecular flexibility index (Phi) is 5.99. The van der Waals surface area contributed by atoms with Crippen LogP contribution in [0.15, 0.2) is 24.3 Å². The number of hydrogen-bond acceptors (Lipinski definition) is 4. The van der Waals surface area contributed by atoms with Gasteiger partial charge in [-0.25, -0.2) is 0 Å². The molecule has 0 aromatic heterocycles. The van der Waals surface area contributed by atoms with E-state index in [0.717, 1.165) is 0 Å². The van der Waals surface area contributed by atoms with E-state index < -0.39 is 36.7 Å². The predicted octanol–water partition coefficient (Wildman–Crippen LogP) is 2.72. The number of nitrogens with zero attached hydrogens (tertiary/aromatic N) is 1. The zero-order chi connectivity index (χ0) is 19.4. The highest BCUT2D eigenvalue weighted by molar-refractivity contribution is 5.80. The molecule has 1 unspecified atom stereocenters. The van der Waals surface area contributed by atoms with Crippen molar-refractivity contribution in [1.29, 1.82) is 0 Å². The molecule has 26 heavy (non-hydrogen) atoms. The Morgan fingerprint density at radius 3 is 2.42 bits per heavy atom. The number of carbonyl (C=O) groups is 2. The number of halogens is 3. The van der Waals surface area contributed by atoms with Gasteiger partial charge in [0, 0.05) is 13.1 Å². The van der Waals surface area contributed by atoms with Gasteiger partial charge in [-0.15, -0.1) is 0 Å². The Morgan fingerprint density at radius 2 is 1.85 bits per heavy atom. The number of alkyl halides is 3. The molecule has 1 fully saturated rings. The number of likely N-dealkylation sites (tertiary alicyclic amines) is 1. The largest absolute Gasteiger partial charge is 0.481 e. The summed E-state index contributed by atoms with van der Waals surface area (Å²) in [6.07, 6.45) is -3.46. The lowest BCUT2D eigenvalue weighted by Crippen LogP contribution is -2.49. The van der Waals surface area contributed by atoms with E-state index in [4.69, 9.17) is 9.47 Å². The molecule has 1 aromatic rings. The summed E-state index contributed by atoms with van der Waals surface area (Å²) in [6.45, 7) is 0.177. The van der Waals surface area contributed by atoms with Crippen LogP contribution in [0.1, 0.15) is 19.8 Å². The molecule has 1 heterocycles. The minimum absolute atomic E-state index is 0.0168. The zero-order valence-electron chi connectivity index (χ0n) is 14.2. The molecule has 2 rings (SSSR count). The van der Waals surface area contributed by atoms with Crippen molar-refractivity contribution in [3.05, 3.63) is 24.3 Å². The Labute approximate surface area is 148 Å². The summed E-state index contributed by atoms with van der Waals surface area (Å²) < 4.78 is 46.9. The van der Waals surface area contributed by atoms with Crippen molar-refractivity contribution in [3.63, 3.8) is 0 Å². The number of benzene rings is 1. The van der Waals surface area contributed by atoms with Gasteiger partial charge < -0.3 is 19.5 Å². The van der Waals surface area contributed by atoms with E-state index in [0.29, 0.717) is 19.4 Å². The summed E-state index contributed by atoms with van der Waals surface area (Å²) in [5.74, 6) is -1.50. The lowest BCUT2D eigenvalue weighted by atomic mass is 9.82. The van der Waals surface area contributed by atoms with Gasteiger partial charge in [-0.05, 0) is 31.9 Å². The zero-order valence-corrected chi connectivity index (χ0v) is 14.2. The summed E-state index contributed by atoms with van der Waals surface area (Å²) in [7, 11) is 0. The number of ether oxygens (including phenoxy) is 2. The second-order valence-corrected chi connectivity index (χ2v) is 6.42. The highest BCUT2D eigenvalue weighted by Gasteiger charge is 2.39. The lowest BCUT2D eigenvalue weighted by Gasteiger charge is -2.37. The molecular formula is C17H20F3NO5. The van der Waals surface area contributed by atoms with Gasteiger partial charge in [0.1, 0.15) is 0 Å². The molecule has 1 aliphatic rings. The first kappa shape index (κ1) is 19.9. The fraction of sp³-hybridized carbons (Fsp3) is 0.529. The highest BCUT2D eigenvalue weighted by Crippen LogP contribution is 2.31. The molecule has 1 atom stereocenters. The van der Waals surface area contributed by atoms with Crippen molar-refractivity contribution < 1.29 is 37.3 Å². The summed E-state index contributed by atoms with van der Waals surface area (Å²) in [4.78, 5) is 25.0. The third-order valence-electron chi connectivity index (χ3n) is 4.16. The van der Waals surface area contributed by atoms with E-state index in [9.17, 15) is 27.9 Å². The summed E-state index contributed by atoms with van der Waals surface area (Å²) in [5, 5.41) is 9.29. The fourth-order valence-electron chi connectivity index (χ4n) is 2.71. The number of carboxylic acids is 1. The average molecular weight is 375 g/mol. The quantitative estimate of drug-likeness (QED) is 0.827. The van der Waals surface area contributed by atoms with Gasteiger partial charge in [-0.2, -0.15) is 13.2 Å². The maximum absolute atomic E-state index is 12.3. The van der Waals surface area contributed by atoms with Crippen LogP contribution in [0.2, 0.25) is 0 Å². The molecule has 1 aromatic carbocycles. The smallest absolute Gasteiger partial charge is 0.422 e. The predicted molar refractivity (Wildman–Crippen MR) is 85.0 cm³/mol. The summed E-state index contributed by atoms with van der Waals surface area (Å²) >= 11 is 0. The van der Waals surface area contributed by atoms with Crippen LogP contribution >= 0.6 is 0 Å². The highest BCUT2D eigenvalue weighted by atomic mass is 19.4. The van der Waals surface area contributed by atoms with Gasteiger partial charge in [0.15, 0.2) is 24.7 Å². The van der Waals surface area contributed by atoms with E-state index in [2.05, 4.69) is 0 Å². The number of aliphatic carboxylic acids is 1. The molecule has 0 saturated carbocycles. The minimum Gasteiger partial charge on any atom is -0.481 e. The monoisotopic (exact) mass is 375 g/mol. The molecule has 1 saturated heterocycles. The van der Waals surface area contributed by atoms with E-state index in [1.165, 1.54) is 23.1 Å². The van der Waals surface area contributed by atoms with Crippen LogP contribution < -0.4 is 9.47 Å². The van der Waals surface area contributed by atoms with Crippen molar-refractivity contribution in [2.45, 2.75) is 25.9 Å². The van der Waals surface area contributed by atoms with Crippen LogP contribution in [0.4, 0.5) is 13.2 Å². The third-order valence-corrected chi connectivity index (χ3v) is 4.16. The molecule has 9 heteroatoms. The number of amides is 1. The minimum atomic E-state index is -4.49. The van der Waals surface area contributed by atoms with Gasteiger partial charge in [0.2, 0.25) is 0 Å². The van der Waals surface area contributed by atoms with Gasteiger partial charge >= 0.3 is 12.1 Å². The first-order valence-electron chi connectivity index (χ1n) is 8.03. The molecule has 1 amide bonds. The van der Waals surface area contributed by atoms with E-state index in [1.54, 1.807) is 13.0 Å². The van der Waals surface area contributed by atoms with Crippen LogP contribution in [0, 0.1) is 5.41 Å². The van der Waals surface area contributed by atoms with E-state index >= 15 is 0 Å². The van der Waals surface area contributed by atoms with Gasteiger partial charge in [-0.1, -0.05) is 12.1 Å². The van der Waals surface area contributed by atoms with Crippen LogP contribution in [-0.2, 0) is 9.59 Å². The average Bonchev–Trinajstić information content (AvgIpc) is 2.57. The van der Waals surface area contributed by atoms with Crippen LogP contribution in [0.25, 0.3) is 0 Å². The van der Waals surface area contributed by atoms with Gasteiger partial charge in [0.25, 0.3) is 5.91 Å². The van der Waals surface area contributed by atoms with Crippen molar-refractivity contribution >= 4 is 11.9 Å². The summed E-state index contributed by atoms with van der Waals surface area (Å²) in [6, 6.07) is 5.75. The number of carbonyl (C=O) groups excluding carboxylic acids is 1. The van der Waals surface area contributed by atoms with Crippen molar-refractivity contribution in [1.82, 2.24) is 4.90 Å².